The van der Waals surface area contributed by atoms with Crippen LogP contribution >= 0.6 is 11.3 Å². The largest absolute Gasteiger partial charge is 0.467 e. The first-order valence-corrected chi connectivity index (χ1v) is 9.71. The highest BCUT2D eigenvalue weighted by Crippen LogP contribution is 2.30. The summed E-state index contributed by atoms with van der Waals surface area (Å²) in [6, 6.07) is 11.6. The molecule has 0 spiro atoms. The van der Waals surface area contributed by atoms with Crippen molar-refractivity contribution in [3.63, 3.8) is 0 Å². The van der Waals surface area contributed by atoms with Crippen LogP contribution in [-0.2, 0) is 17.9 Å². The van der Waals surface area contributed by atoms with Crippen molar-refractivity contribution < 1.29 is 9.21 Å². The van der Waals surface area contributed by atoms with Gasteiger partial charge in [0.2, 0.25) is 5.91 Å². The lowest BCUT2D eigenvalue weighted by molar-refractivity contribution is -0.131. The molecule has 0 aliphatic rings. The Hall–Kier alpha value is -3.19. The molecule has 0 unspecified atom stereocenters. The maximum absolute atomic E-state index is 13.1. The van der Waals surface area contributed by atoms with Crippen molar-refractivity contribution in [2.24, 2.45) is 0 Å². The fraction of sp³-hybridized carbons (Fsp3) is 0.190. The van der Waals surface area contributed by atoms with E-state index >= 15 is 0 Å². The molecule has 0 fully saturated rings. The number of carbonyl (C=O) groups excluding carboxylic acids is 1. The SMILES string of the molecule is Cc1ccc(-c2csc3ncn(CC(=O)N(C)Cc4ccco4)c(=O)c23)cc1. The predicted octanol–water partition coefficient (Wildman–Crippen LogP) is 3.69. The van der Waals surface area contributed by atoms with Gasteiger partial charge in [-0.25, -0.2) is 4.98 Å². The number of amides is 1. The molecular weight excluding hydrogens is 374 g/mol. The van der Waals surface area contributed by atoms with Crippen LogP contribution in [0.3, 0.4) is 0 Å². The first-order valence-electron chi connectivity index (χ1n) is 8.83. The van der Waals surface area contributed by atoms with E-state index in [1.54, 1.807) is 19.4 Å². The number of aromatic nitrogens is 2. The number of fused-ring (bicyclic) bond motifs is 1. The first kappa shape index (κ1) is 18.2. The lowest BCUT2D eigenvalue weighted by Gasteiger charge is -2.16. The number of aryl methyl sites for hydroxylation is 1. The van der Waals surface area contributed by atoms with Crippen molar-refractivity contribution in [1.29, 1.82) is 0 Å². The highest BCUT2D eigenvalue weighted by molar-refractivity contribution is 7.17. The normalized spacial score (nSPS) is 11.1. The molecule has 0 atom stereocenters. The maximum Gasteiger partial charge on any atom is 0.263 e. The van der Waals surface area contributed by atoms with E-state index in [9.17, 15) is 9.59 Å². The van der Waals surface area contributed by atoms with Crippen molar-refractivity contribution in [2.75, 3.05) is 7.05 Å². The average Bonchev–Trinajstić information content (AvgIpc) is 3.34. The molecule has 0 radical (unpaired) electrons. The lowest BCUT2D eigenvalue weighted by Crippen LogP contribution is -2.33. The first-order chi connectivity index (χ1) is 13.5. The molecule has 0 aliphatic carbocycles. The second kappa shape index (κ2) is 7.44. The Labute approximate surface area is 165 Å². The van der Waals surface area contributed by atoms with Crippen LogP contribution in [0.4, 0.5) is 0 Å². The molecule has 1 amide bonds. The second-order valence-electron chi connectivity index (χ2n) is 6.70. The minimum absolute atomic E-state index is 0.0673. The fourth-order valence-corrected chi connectivity index (χ4v) is 3.92. The van der Waals surface area contributed by atoms with Crippen LogP contribution in [-0.4, -0.2) is 27.4 Å². The van der Waals surface area contributed by atoms with Crippen LogP contribution in [0.5, 0.6) is 0 Å². The molecule has 28 heavy (non-hydrogen) atoms. The van der Waals surface area contributed by atoms with Gasteiger partial charge in [-0.2, -0.15) is 0 Å². The molecule has 0 aliphatic heterocycles. The van der Waals surface area contributed by atoms with Crippen LogP contribution in [0.25, 0.3) is 21.3 Å². The van der Waals surface area contributed by atoms with Gasteiger partial charge < -0.3 is 9.32 Å². The van der Waals surface area contributed by atoms with E-state index in [1.807, 2.05) is 42.6 Å². The Bertz CT molecular complexity index is 1170. The summed E-state index contributed by atoms with van der Waals surface area (Å²) in [7, 11) is 1.68. The molecule has 4 aromatic rings. The van der Waals surface area contributed by atoms with Crippen molar-refractivity contribution in [1.82, 2.24) is 14.5 Å². The van der Waals surface area contributed by atoms with E-state index in [0.717, 1.165) is 16.7 Å². The predicted molar refractivity (Wildman–Crippen MR) is 109 cm³/mol. The van der Waals surface area contributed by atoms with Crippen LogP contribution in [0.2, 0.25) is 0 Å². The van der Waals surface area contributed by atoms with E-state index in [1.165, 1.54) is 27.1 Å². The van der Waals surface area contributed by atoms with Gasteiger partial charge in [0.15, 0.2) is 0 Å². The molecule has 0 saturated carbocycles. The molecule has 142 valence electrons. The fourth-order valence-electron chi connectivity index (χ4n) is 3.02. The molecule has 4 rings (SSSR count). The molecule has 3 aromatic heterocycles. The van der Waals surface area contributed by atoms with E-state index in [0.29, 0.717) is 22.5 Å². The Morgan fingerprint density at radius 3 is 2.75 bits per heavy atom. The van der Waals surface area contributed by atoms with E-state index in [2.05, 4.69) is 4.98 Å². The van der Waals surface area contributed by atoms with E-state index in [4.69, 9.17) is 4.42 Å². The van der Waals surface area contributed by atoms with Gasteiger partial charge in [0, 0.05) is 18.0 Å². The van der Waals surface area contributed by atoms with Gasteiger partial charge in [0.1, 0.15) is 17.1 Å². The van der Waals surface area contributed by atoms with E-state index in [-0.39, 0.29) is 18.0 Å². The molecule has 3 heterocycles. The number of hydrogen-bond donors (Lipinski definition) is 0. The molecule has 6 nitrogen and oxygen atoms in total. The number of rotatable bonds is 5. The maximum atomic E-state index is 13.1. The second-order valence-corrected chi connectivity index (χ2v) is 7.56. The van der Waals surface area contributed by atoms with Crippen LogP contribution in [0.1, 0.15) is 11.3 Å². The van der Waals surface area contributed by atoms with Crippen molar-refractivity contribution >= 4 is 27.5 Å². The standard InChI is InChI=1S/C21H19N3O3S/c1-14-5-7-15(8-6-14)17-12-28-20-19(17)21(26)24(13-22-20)11-18(25)23(2)10-16-4-3-9-27-16/h3-9,12-13H,10-11H2,1-2H3. The van der Waals surface area contributed by atoms with Crippen LogP contribution in [0.15, 0.2) is 63.6 Å². The summed E-state index contributed by atoms with van der Waals surface area (Å²) in [5.41, 5.74) is 2.77. The Balaban J connectivity index is 1.64. The third kappa shape index (κ3) is 3.48. The lowest BCUT2D eigenvalue weighted by atomic mass is 10.1. The highest BCUT2D eigenvalue weighted by Gasteiger charge is 2.16. The number of furan rings is 1. The summed E-state index contributed by atoms with van der Waals surface area (Å²) < 4.78 is 6.64. The van der Waals surface area contributed by atoms with Crippen LogP contribution in [0, 0.1) is 6.92 Å². The monoisotopic (exact) mass is 393 g/mol. The quantitative estimate of drug-likeness (QED) is 0.519. The summed E-state index contributed by atoms with van der Waals surface area (Å²) in [5, 5.41) is 2.50. The smallest absolute Gasteiger partial charge is 0.263 e. The summed E-state index contributed by atoms with van der Waals surface area (Å²) in [6.07, 6.45) is 3.01. The molecule has 0 bridgehead atoms. The van der Waals surface area contributed by atoms with Gasteiger partial charge in [-0.3, -0.25) is 14.2 Å². The third-order valence-electron chi connectivity index (χ3n) is 4.63. The molecule has 0 saturated heterocycles. The Morgan fingerprint density at radius 2 is 2.04 bits per heavy atom. The summed E-state index contributed by atoms with van der Waals surface area (Å²) in [4.78, 5) is 32.2. The van der Waals surface area contributed by atoms with Gasteiger partial charge in [0.25, 0.3) is 5.56 Å². The van der Waals surface area contributed by atoms with Gasteiger partial charge in [-0.05, 0) is 24.6 Å². The number of carbonyl (C=O) groups is 1. The minimum atomic E-state index is -0.207. The van der Waals surface area contributed by atoms with Gasteiger partial charge in [-0.15, -0.1) is 11.3 Å². The number of hydrogen-bond acceptors (Lipinski definition) is 5. The van der Waals surface area contributed by atoms with Gasteiger partial charge >= 0.3 is 0 Å². The topological polar surface area (TPSA) is 68.3 Å². The Morgan fingerprint density at radius 1 is 1.25 bits per heavy atom. The van der Waals surface area contributed by atoms with Gasteiger partial charge in [0.05, 0.1) is 24.5 Å². The zero-order valence-corrected chi connectivity index (χ0v) is 16.4. The molecular formula is C21H19N3O3S. The highest BCUT2D eigenvalue weighted by atomic mass is 32.1. The zero-order valence-electron chi connectivity index (χ0n) is 15.6. The van der Waals surface area contributed by atoms with Crippen molar-refractivity contribution in [3.8, 4) is 11.1 Å². The van der Waals surface area contributed by atoms with Crippen LogP contribution < -0.4 is 5.56 Å². The third-order valence-corrected chi connectivity index (χ3v) is 5.51. The molecule has 7 heteroatoms. The van der Waals surface area contributed by atoms with Crippen molar-refractivity contribution in [2.45, 2.75) is 20.0 Å². The number of thiophene rings is 1. The number of nitrogens with zero attached hydrogens (tertiary/aromatic N) is 3. The average molecular weight is 393 g/mol. The van der Waals surface area contributed by atoms with Crippen molar-refractivity contribution in [3.05, 3.63) is 76.0 Å². The van der Waals surface area contributed by atoms with E-state index < -0.39 is 0 Å². The summed E-state index contributed by atoms with van der Waals surface area (Å²) in [5.74, 6) is 0.503. The summed E-state index contributed by atoms with van der Waals surface area (Å²) >= 11 is 1.43. The minimum Gasteiger partial charge on any atom is -0.467 e. The summed E-state index contributed by atoms with van der Waals surface area (Å²) in [6.45, 7) is 2.31. The number of likely N-dealkylation sites (N-methyl/N-ethyl adjacent to an activating group) is 1. The zero-order chi connectivity index (χ0) is 19.7. The molecule has 0 N–H and O–H groups in total. The molecule has 1 aromatic carbocycles. The number of benzene rings is 1. The Kier molecular flexibility index (Phi) is 4.83. The van der Waals surface area contributed by atoms with Gasteiger partial charge in [-0.1, -0.05) is 29.8 Å².